The van der Waals surface area contributed by atoms with Gasteiger partial charge in [0, 0.05) is 31.1 Å². The quantitative estimate of drug-likeness (QED) is 0.588. The van der Waals surface area contributed by atoms with Crippen molar-refractivity contribution >= 4 is 17.6 Å². The van der Waals surface area contributed by atoms with E-state index < -0.39 is 5.91 Å². The predicted molar refractivity (Wildman–Crippen MR) is 125 cm³/mol. The summed E-state index contributed by atoms with van der Waals surface area (Å²) < 4.78 is 7.75. The highest BCUT2D eigenvalue weighted by atomic mass is 16.5. The summed E-state index contributed by atoms with van der Waals surface area (Å²) in [6.45, 7) is 5.47. The molecule has 2 aliphatic heterocycles. The van der Waals surface area contributed by atoms with Crippen molar-refractivity contribution in [3.63, 3.8) is 0 Å². The van der Waals surface area contributed by atoms with Gasteiger partial charge in [-0.25, -0.2) is 4.68 Å². The minimum absolute atomic E-state index is 0.0592. The van der Waals surface area contributed by atoms with Crippen LogP contribution in [0.4, 0.5) is 5.82 Å². The number of anilines is 1. The second-order valence-electron chi connectivity index (χ2n) is 8.31. The molecule has 0 radical (unpaired) electrons. The van der Waals surface area contributed by atoms with Gasteiger partial charge in [-0.2, -0.15) is 5.10 Å². The minimum Gasteiger partial charge on any atom is -0.457 e. The average Bonchev–Trinajstić information content (AvgIpc) is 3.24. The molecule has 2 amide bonds. The fraction of sp³-hybridized carbons (Fsp3) is 0.240. The van der Waals surface area contributed by atoms with E-state index in [1.165, 1.54) is 6.08 Å². The van der Waals surface area contributed by atoms with Gasteiger partial charge in [0.1, 0.15) is 28.6 Å². The average molecular weight is 444 g/mol. The number of likely N-dealkylation sites (tertiary alicyclic amines) is 1. The SMILES string of the molecule is C=CC(=O)N1CCC2C(CNc3c(C(N)=O)c(-c4ccc(Oc5ccccc5)cc4)nn32)C1. The zero-order valence-corrected chi connectivity index (χ0v) is 18.1. The van der Waals surface area contributed by atoms with Crippen molar-refractivity contribution in [2.75, 3.05) is 25.0 Å². The topological polar surface area (TPSA) is 102 Å². The summed E-state index contributed by atoms with van der Waals surface area (Å²) >= 11 is 0. The number of amides is 2. The molecule has 168 valence electrons. The van der Waals surface area contributed by atoms with E-state index in [2.05, 4.69) is 11.9 Å². The van der Waals surface area contributed by atoms with Crippen molar-refractivity contribution < 1.29 is 14.3 Å². The zero-order chi connectivity index (χ0) is 22.9. The van der Waals surface area contributed by atoms with Gasteiger partial charge in [0.2, 0.25) is 5.91 Å². The molecule has 33 heavy (non-hydrogen) atoms. The first kappa shape index (κ1) is 20.8. The van der Waals surface area contributed by atoms with Crippen molar-refractivity contribution in [1.82, 2.24) is 14.7 Å². The van der Waals surface area contributed by atoms with Crippen molar-refractivity contribution in [2.45, 2.75) is 12.5 Å². The molecular weight excluding hydrogens is 418 g/mol. The van der Waals surface area contributed by atoms with Crippen LogP contribution in [0.5, 0.6) is 11.5 Å². The highest BCUT2D eigenvalue weighted by Gasteiger charge is 2.39. The minimum atomic E-state index is -0.527. The molecule has 2 aliphatic rings. The summed E-state index contributed by atoms with van der Waals surface area (Å²) in [6.07, 6.45) is 2.10. The van der Waals surface area contributed by atoms with Crippen LogP contribution in [0.15, 0.2) is 67.3 Å². The standard InChI is InChI=1S/C25H25N5O3/c1-2-21(31)29-13-12-20-17(15-29)14-27-25-22(24(26)32)23(28-30(20)25)16-8-10-19(11-9-16)33-18-6-4-3-5-7-18/h2-11,17,20,27H,1,12-15H2,(H2,26,32). The van der Waals surface area contributed by atoms with E-state index in [-0.39, 0.29) is 17.9 Å². The van der Waals surface area contributed by atoms with Gasteiger partial charge in [-0.15, -0.1) is 0 Å². The van der Waals surface area contributed by atoms with Crippen LogP contribution in [0.25, 0.3) is 11.3 Å². The smallest absolute Gasteiger partial charge is 0.254 e. The number of rotatable bonds is 5. The fourth-order valence-electron chi connectivity index (χ4n) is 4.68. The van der Waals surface area contributed by atoms with E-state index in [0.29, 0.717) is 42.5 Å². The Kier molecular flexibility index (Phi) is 5.34. The fourth-order valence-corrected chi connectivity index (χ4v) is 4.68. The monoisotopic (exact) mass is 443 g/mol. The summed E-state index contributed by atoms with van der Waals surface area (Å²) in [6, 6.07) is 17.1. The lowest BCUT2D eigenvalue weighted by molar-refractivity contribution is -0.128. The lowest BCUT2D eigenvalue weighted by Gasteiger charge is -2.41. The van der Waals surface area contributed by atoms with E-state index in [4.69, 9.17) is 15.6 Å². The normalized spacial score (nSPS) is 19.1. The molecule has 1 saturated heterocycles. The van der Waals surface area contributed by atoms with Crippen LogP contribution >= 0.6 is 0 Å². The molecule has 5 rings (SSSR count). The molecular formula is C25H25N5O3. The van der Waals surface area contributed by atoms with Gasteiger partial charge < -0.3 is 20.7 Å². The molecule has 0 spiro atoms. The second-order valence-corrected chi connectivity index (χ2v) is 8.31. The number of hydrogen-bond donors (Lipinski definition) is 2. The molecule has 2 unspecified atom stereocenters. The number of benzene rings is 2. The van der Waals surface area contributed by atoms with Gasteiger partial charge >= 0.3 is 0 Å². The van der Waals surface area contributed by atoms with E-state index in [1.807, 2.05) is 64.2 Å². The Balaban J connectivity index is 1.44. The van der Waals surface area contributed by atoms with E-state index in [9.17, 15) is 9.59 Å². The summed E-state index contributed by atoms with van der Waals surface area (Å²) in [5, 5.41) is 8.15. The van der Waals surface area contributed by atoms with Crippen LogP contribution in [0.2, 0.25) is 0 Å². The third-order valence-electron chi connectivity index (χ3n) is 6.29. The number of ether oxygens (including phenoxy) is 1. The Bertz CT molecular complexity index is 1200. The number of piperidine rings is 1. The van der Waals surface area contributed by atoms with Gasteiger partial charge in [0.05, 0.1) is 6.04 Å². The largest absolute Gasteiger partial charge is 0.457 e. The first-order valence-corrected chi connectivity index (χ1v) is 11.0. The number of aromatic nitrogens is 2. The third-order valence-corrected chi connectivity index (χ3v) is 6.29. The van der Waals surface area contributed by atoms with Crippen molar-refractivity contribution in [1.29, 1.82) is 0 Å². The molecule has 3 aromatic rings. The van der Waals surface area contributed by atoms with Crippen LogP contribution in [0.3, 0.4) is 0 Å². The lowest BCUT2D eigenvalue weighted by Crippen LogP contribution is -2.48. The highest BCUT2D eigenvalue weighted by Crippen LogP contribution is 2.40. The number of fused-ring (bicyclic) bond motifs is 3. The number of carbonyl (C=O) groups excluding carboxylic acids is 2. The first-order valence-electron chi connectivity index (χ1n) is 11.0. The van der Waals surface area contributed by atoms with Crippen LogP contribution in [-0.2, 0) is 4.79 Å². The lowest BCUT2D eigenvalue weighted by atomic mass is 9.90. The Hall–Kier alpha value is -4.07. The third kappa shape index (κ3) is 3.84. The van der Waals surface area contributed by atoms with Crippen molar-refractivity contribution in [2.24, 2.45) is 11.7 Å². The molecule has 1 fully saturated rings. The molecule has 3 heterocycles. The Morgan fingerprint density at radius 1 is 1.12 bits per heavy atom. The van der Waals surface area contributed by atoms with Gasteiger partial charge in [0.25, 0.3) is 5.91 Å². The van der Waals surface area contributed by atoms with Crippen molar-refractivity contribution in [3.8, 4) is 22.8 Å². The zero-order valence-electron chi connectivity index (χ0n) is 18.1. The molecule has 1 aromatic heterocycles. The number of nitrogens with one attached hydrogen (secondary N) is 1. The maximum Gasteiger partial charge on any atom is 0.254 e. The number of primary amides is 1. The van der Waals surface area contributed by atoms with Crippen LogP contribution in [-0.4, -0.2) is 46.1 Å². The number of nitrogens with zero attached hydrogens (tertiary/aromatic N) is 3. The number of hydrogen-bond acceptors (Lipinski definition) is 5. The molecule has 2 atom stereocenters. The Morgan fingerprint density at radius 2 is 1.85 bits per heavy atom. The maximum atomic E-state index is 12.4. The van der Waals surface area contributed by atoms with E-state index >= 15 is 0 Å². The molecule has 8 heteroatoms. The summed E-state index contributed by atoms with van der Waals surface area (Å²) in [7, 11) is 0. The molecule has 2 aromatic carbocycles. The number of para-hydroxylation sites is 1. The number of carbonyl (C=O) groups is 2. The van der Waals surface area contributed by atoms with Crippen molar-refractivity contribution in [3.05, 3.63) is 72.8 Å². The van der Waals surface area contributed by atoms with Crippen LogP contribution < -0.4 is 15.8 Å². The predicted octanol–water partition coefficient (Wildman–Crippen LogP) is 3.44. The molecule has 0 saturated carbocycles. The summed E-state index contributed by atoms with van der Waals surface area (Å²) in [5.74, 6) is 1.68. The molecule has 3 N–H and O–H groups in total. The van der Waals surface area contributed by atoms with E-state index in [1.54, 1.807) is 0 Å². The summed E-state index contributed by atoms with van der Waals surface area (Å²) in [4.78, 5) is 26.3. The van der Waals surface area contributed by atoms with Gasteiger partial charge in [-0.05, 0) is 48.9 Å². The van der Waals surface area contributed by atoms with E-state index in [0.717, 1.165) is 17.7 Å². The summed E-state index contributed by atoms with van der Waals surface area (Å²) in [5.41, 5.74) is 7.49. The number of nitrogens with two attached hydrogens (primary N) is 1. The van der Waals surface area contributed by atoms with Crippen LogP contribution in [0.1, 0.15) is 22.8 Å². The van der Waals surface area contributed by atoms with Gasteiger partial charge in [-0.3, -0.25) is 9.59 Å². The van der Waals surface area contributed by atoms with Gasteiger partial charge in [-0.1, -0.05) is 24.8 Å². The highest BCUT2D eigenvalue weighted by molar-refractivity contribution is 6.04. The Morgan fingerprint density at radius 3 is 2.55 bits per heavy atom. The van der Waals surface area contributed by atoms with Crippen LogP contribution in [0, 0.1) is 5.92 Å². The molecule has 8 nitrogen and oxygen atoms in total. The second kappa shape index (κ2) is 8.46. The van der Waals surface area contributed by atoms with Gasteiger partial charge in [0.15, 0.2) is 0 Å². The maximum absolute atomic E-state index is 12.4. The first-order chi connectivity index (χ1) is 16.0. The molecule has 0 aliphatic carbocycles. The molecule has 0 bridgehead atoms. The Labute approximate surface area is 191 Å².